The number of imidazole rings is 1. The molecule has 4 nitrogen and oxygen atoms in total. The Bertz CT molecular complexity index is 540. The van der Waals surface area contributed by atoms with Crippen LogP contribution >= 0.6 is 0 Å². The zero-order valence-electron chi connectivity index (χ0n) is 11.8. The number of benzene rings is 1. The molecule has 0 aliphatic rings. The first-order valence-corrected chi connectivity index (χ1v) is 6.46. The molecule has 4 heteroatoms. The van der Waals surface area contributed by atoms with Crippen LogP contribution in [0.2, 0.25) is 0 Å². The van der Waals surface area contributed by atoms with E-state index in [0.717, 1.165) is 18.0 Å². The third-order valence-corrected chi connectivity index (χ3v) is 2.94. The van der Waals surface area contributed by atoms with Gasteiger partial charge in [0, 0.05) is 29.1 Å². The first-order chi connectivity index (χ1) is 8.97. The molecule has 19 heavy (non-hydrogen) atoms. The lowest BCUT2D eigenvalue weighted by atomic mass is 9.93. The Morgan fingerprint density at radius 3 is 2.79 bits per heavy atom. The summed E-state index contributed by atoms with van der Waals surface area (Å²) in [5, 5.41) is 0. The van der Waals surface area contributed by atoms with Crippen LogP contribution in [-0.4, -0.2) is 16.2 Å². The second-order valence-corrected chi connectivity index (χ2v) is 5.64. The van der Waals surface area contributed by atoms with Crippen molar-refractivity contribution >= 4 is 5.69 Å². The lowest BCUT2D eigenvalue weighted by Crippen LogP contribution is -2.19. The van der Waals surface area contributed by atoms with Crippen LogP contribution < -0.4 is 10.5 Å². The van der Waals surface area contributed by atoms with Crippen molar-refractivity contribution in [2.45, 2.75) is 32.7 Å². The first-order valence-electron chi connectivity index (χ1n) is 6.46. The molecule has 0 amide bonds. The number of aromatic nitrogens is 2. The quantitative estimate of drug-likeness (QED) is 0.859. The third-order valence-electron chi connectivity index (χ3n) is 2.94. The van der Waals surface area contributed by atoms with Crippen molar-refractivity contribution in [1.29, 1.82) is 0 Å². The summed E-state index contributed by atoms with van der Waals surface area (Å²) in [6.07, 6.45) is 3.77. The second kappa shape index (κ2) is 5.34. The van der Waals surface area contributed by atoms with Crippen LogP contribution in [0.1, 0.15) is 26.5 Å². The van der Waals surface area contributed by atoms with E-state index in [1.165, 1.54) is 5.69 Å². The summed E-state index contributed by atoms with van der Waals surface area (Å²) in [5.74, 6) is 0.803. The Kier molecular flexibility index (Phi) is 3.79. The predicted octanol–water partition coefficient (Wildman–Crippen LogP) is 2.84. The largest absolute Gasteiger partial charge is 0.492 e. The molecular formula is C15H21N3O. The van der Waals surface area contributed by atoms with Gasteiger partial charge in [-0.25, -0.2) is 4.98 Å². The number of anilines is 1. The Morgan fingerprint density at radius 1 is 1.32 bits per heavy atom. The Hall–Kier alpha value is -1.97. The molecule has 2 rings (SSSR count). The van der Waals surface area contributed by atoms with E-state index in [9.17, 15) is 0 Å². The minimum atomic E-state index is 0.0909. The lowest BCUT2D eigenvalue weighted by molar-refractivity contribution is 0.293. The average Bonchev–Trinajstić information content (AvgIpc) is 2.77. The molecule has 0 atom stereocenters. The molecule has 0 aliphatic heterocycles. The zero-order valence-corrected chi connectivity index (χ0v) is 11.8. The van der Waals surface area contributed by atoms with Crippen molar-refractivity contribution in [3.63, 3.8) is 0 Å². The third kappa shape index (κ3) is 3.50. The summed E-state index contributed by atoms with van der Waals surface area (Å²) in [7, 11) is 0. The van der Waals surface area contributed by atoms with Gasteiger partial charge < -0.3 is 15.0 Å². The van der Waals surface area contributed by atoms with Gasteiger partial charge in [0.1, 0.15) is 12.4 Å². The number of hydrogen-bond donors (Lipinski definition) is 1. The van der Waals surface area contributed by atoms with E-state index in [4.69, 9.17) is 10.5 Å². The molecule has 0 unspecified atom stereocenters. The molecule has 1 aromatic heterocycles. The van der Waals surface area contributed by atoms with Gasteiger partial charge in [0.15, 0.2) is 0 Å². The van der Waals surface area contributed by atoms with E-state index in [2.05, 4.69) is 30.3 Å². The van der Waals surface area contributed by atoms with E-state index in [1.807, 2.05) is 36.8 Å². The molecule has 0 aliphatic carbocycles. The predicted molar refractivity (Wildman–Crippen MR) is 77.3 cm³/mol. The Balaban J connectivity index is 1.95. The maximum absolute atomic E-state index is 5.71. The molecular weight excluding hydrogens is 238 g/mol. The fourth-order valence-corrected chi connectivity index (χ4v) is 1.99. The molecule has 0 fully saturated rings. The van der Waals surface area contributed by atoms with E-state index < -0.39 is 0 Å². The summed E-state index contributed by atoms with van der Waals surface area (Å²) in [6.45, 7) is 7.92. The van der Waals surface area contributed by atoms with Crippen LogP contribution in [0.4, 0.5) is 5.69 Å². The van der Waals surface area contributed by atoms with Crippen molar-refractivity contribution in [1.82, 2.24) is 9.55 Å². The van der Waals surface area contributed by atoms with Crippen LogP contribution in [0.3, 0.4) is 0 Å². The SMILES string of the molecule is CC(C)(C)c1cncn1CCOc1cccc(N)c1. The standard InChI is InChI=1S/C15H21N3O/c1-15(2,3)14-10-17-11-18(14)7-8-19-13-6-4-5-12(16)9-13/h4-6,9-11H,7-8,16H2,1-3H3. The number of nitrogens with zero attached hydrogens (tertiary/aromatic N) is 2. The molecule has 1 aromatic carbocycles. The van der Waals surface area contributed by atoms with Gasteiger partial charge in [0.25, 0.3) is 0 Å². The highest BCUT2D eigenvalue weighted by molar-refractivity contribution is 5.43. The highest BCUT2D eigenvalue weighted by atomic mass is 16.5. The van der Waals surface area contributed by atoms with E-state index >= 15 is 0 Å². The maximum atomic E-state index is 5.71. The van der Waals surface area contributed by atoms with E-state index in [-0.39, 0.29) is 5.41 Å². The van der Waals surface area contributed by atoms with Gasteiger partial charge in [-0.05, 0) is 12.1 Å². The number of ether oxygens (including phenoxy) is 1. The monoisotopic (exact) mass is 259 g/mol. The molecule has 1 heterocycles. The van der Waals surface area contributed by atoms with Gasteiger partial charge in [-0.1, -0.05) is 26.8 Å². The number of nitrogens with two attached hydrogens (primary N) is 1. The molecule has 2 aromatic rings. The van der Waals surface area contributed by atoms with Crippen LogP contribution in [0, 0.1) is 0 Å². The van der Waals surface area contributed by atoms with Crippen molar-refractivity contribution in [3.8, 4) is 5.75 Å². The summed E-state index contributed by atoms with van der Waals surface area (Å²) >= 11 is 0. The highest BCUT2D eigenvalue weighted by Gasteiger charge is 2.18. The average molecular weight is 259 g/mol. The van der Waals surface area contributed by atoms with Gasteiger partial charge in [0.05, 0.1) is 12.9 Å². The Labute approximate surface area is 114 Å². The fourth-order valence-electron chi connectivity index (χ4n) is 1.99. The molecule has 0 radical (unpaired) electrons. The zero-order chi connectivity index (χ0) is 13.9. The molecule has 0 bridgehead atoms. The minimum absolute atomic E-state index is 0.0909. The number of hydrogen-bond acceptors (Lipinski definition) is 3. The molecule has 0 saturated carbocycles. The van der Waals surface area contributed by atoms with Crippen LogP contribution in [0.25, 0.3) is 0 Å². The van der Waals surface area contributed by atoms with Crippen molar-refractivity contribution in [2.24, 2.45) is 0 Å². The highest BCUT2D eigenvalue weighted by Crippen LogP contribution is 2.21. The summed E-state index contributed by atoms with van der Waals surface area (Å²) in [5.41, 5.74) is 7.73. The van der Waals surface area contributed by atoms with Crippen LogP contribution in [0.15, 0.2) is 36.8 Å². The van der Waals surface area contributed by atoms with Gasteiger partial charge in [-0.3, -0.25) is 0 Å². The topological polar surface area (TPSA) is 53.1 Å². The van der Waals surface area contributed by atoms with E-state index in [1.54, 1.807) is 0 Å². The van der Waals surface area contributed by atoms with Crippen LogP contribution in [0.5, 0.6) is 5.75 Å². The molecule has 102 valence electrons. The normalized spacial score (nSPS) is 11.5. The minimum Gasteiger partial charge on any atom is -0.492 e. The number of rotatable bonds is 4. The lowest BCUT2D eigenvalue weighted by Gasteiger charge is -2.20. The summed E-state index contributed by atoms with van der Waals surface area (Å²) in [4.78, 5) is 4.22. The van der Waals surface area contributed by atoms with Gasteiger partial charge in [-0.2, -0.15) is 0 Å². The smallest absolute Gasteiger partial charge is 0.121 e. The Morgan fingerprint density at radius 2 is 2.11 bits per heavy atom. The van der Waals surface area contributed by atoms with E-state index in [0.29, 0.717) is 6.61 Å². The summed E-state index contributed by atoms with van der Waals surface area (Å²) < 4.78 is 7.83. The molecule has 0 saturated heterocycles. The van der Waals surface area contributed by atoms with Crippen molar-refractivity contribution in [2.75, 3.05) is 12.3 Å². The maximum Gasteiger partial charge on any atom is 0.121 e. The number of nitrogen functional groups attached to an aromatic ring is 1. The van der Waals surface area contributed by atoms with Gasteiger partial charge in [0.2, 0.25) is 0 Å². The first kappa shape index (κ1) is 13.5. The molecule has 2 N–H and O–H groups in total. The van der Waals surface area contributed by atoms with Crippen molar-refractivity contribution < 1.29 is 4.74 Å². The van der Waals surface area contributed by atoms with Gasteiger partial charge >= 0.3 is 0 Å². The summed E-state index contributed by atoms with van der Waals surface area (Å²) in [6, 6.07) is 7.48. The van der Waals surface area contributed by atoms with Crippen LogP contribution in [-0.2, 0) is 12.0 Å². The van der Waals surface area contributed by atoms with Gasteiger partial charge in [-0.15, -0.1) is 0 Å². The fraction of sp³-hybridized carbons (Fsp3) is 0.400. The van der Waals surface area contributed by atoms with Crippen molar-refractivity contribution in [3.05, 3.63) is 42.5 Å². The second-order valence-electron chi connectivity index (χ2n) is 5.64. The molecule has 0 spiro atoms.